The van der Waals surface area contributed by atoms with E-state index in [1.54, 1.807) is 0 Å². The van der Waals surface area contributed by atoms with Gasteiger partial charge in [-0.15, -0.1) is 0 Å². The van der Waals surface area contributed by atoms with Gasteiger partial charge in [-0.1, -0.05) is 20.8 Å². The summed E-state index contributed by atoms with van der Waals surface area (Å²) < 4.78 is 0.631. The molecule has 0 saturated heterocycles. The molecule has 0 aromatic carbocycles. The van der Waals surface area contributed by atoms with E-state index in [0.29, 0.717) is 4.75 Å². The zero-order valence-corrected chi connectivity index (χ0v) is 12.1. The van der Waals surface area contributed by atoms with Crippen molar-refractivity contribution in [3.8, 4) is 0 Å². The Morgan fingerprint density at radius 2 is 1.94 bits per heavy atom. The molecule has 0 aromatic heterocycles. The second-order valence-electron chi connectivity index (χ2n) is 6.73. The quantitative estimate of drug-likeness (QED) is 0.601. The van der Waals surface area contributed by atoms with Gasteiger partial charge in [0.05, 0.1) is 0 Å². The molecule has 2 atom stereocenters. The van der Waals surface area contributed by atoms with Crippen molar-refractivity contribution in [1.82, 2.24) is 0 Å². The second kappa shape index (κ2) is 5.33. The minimum atomic E-state index is 0.631. The van der Waals surface area contributed by atoms with Gasteiger partial charge in [0.25, 0.3) is 0 Å². The zero-order chi connectivity index (χ0) is 11.6. The van der Waals surface area contributed by atoms with Crippen molar-refractivity contribution < 1.29 is 0 Å². The third-order valence-corrected chi connectivity index (χ3v) is 6.19. The maximum Gasteiger partial charge on any atom is 0.0134 e. The summed E-state index contributed by atoms with van der Waals surface area (Å²) in [6.07, 6.45) is 10.4. The van der Waals surface area contributed by atoms with E-state index in [1.165, 1.54) is 50.7 Å². The Kier molecular flexibility index (Phi) is 4.26. The van der Waals surface area contributed by atoms with E-state index in [-0.39, 0.29) is 0 Å². The monoisotopic (exact) mass is 240 g/mol. The summed E-state index contributed by atoms with van der Waals surface area (Å²) in [5.41, 5.74) is 0. The van der Waals surface area contributed by atoms with Crippen molar-refractivity contribution in [2.45, 2.75) is 70.5 Å². The van der Waals surface area contributed by atoms with Gasteiger partial charge in [0.15, 0.2) is 0 Å². The molecule has 0 aliphatic heterocycles. The Hall–Kier alpha value is 0.350. The molecule has 2 aliphatic carbocycles. The van der Waals surface area contributed by atoms with E-state index < -0.39 is 0 Å². The van der Waals surface area contributed by atoms with E-state index in [2.05, 4.69) is 32.5 Å². The Morgan fingerprint density at radius 1 is 1.19 bits per heavy atom. The van der Waals surface area contributed by atoms with Gasteiger partial charge < -0.3 is 0 Å². The first kappa shape index (κ1) is 12.8. The van der Waals surface area contributed by atoms with Gasteiger partial charge in [-0.25, -0.2) is 0 Å². The normalized spacial score (nSPS) is 43.3. The summed E-state index contributed by atoms with van der Waals surface area (Å²) in [4.78, 5) is 0. The highest BCUT2D eigenvalue weighted by molar-refractivity contribution is 8.00. The Labute approximate surface area is 106 Å². The summed E-state index contributed by atoms with van der Waals surface area (Å²) in [7, 11) is 0. The SMILES string of the molecule is CC1CC(CCCSC2(C)CC[C@@H](C)C2)C1. The van der Waals surface area contributed by atoms with E-state index in [4.69, 9.17) is 0 Å². The van der Waals surface area contributed by atoms with Crippen LogP contribution in [0.4, 0.5) is 0 Å². The first-order valence-electron chi connectivity index (χ1n) is 7.21. The maximum atomic E-state index is 2.49. The Morgan fingerprint density at radius 3 is 2.50 bits per heavy atom. The minimum absolute atomic E-state index is 0.631. The van der Waals surface area contributed by atoms with Crippen molar-refractivity contribution in [2.24, 2.45) is 17.8 Å². The highest BCUT2D eigenvalue weighted by Gasteiger charge is 2.33. The van der Waals surface area contributed by atoms with Crippen LogP contribution in [0.5, 0.6) is 0 Å². The molecule has 0 heterocycles. The molecule has 0 radical (unpaired) electrons. The van der Waals surface area contributed by atoms with Crippen molar-refractivity contribution in [3.63, 3.8) is 0 Å². The molecule has 1 unspecified atom stereocenters. The van der Waals surface area contributed by atoms with Gasteiger partial charge in [-0.3, -0.25) is 0 Å². The lowest BCUT2D eigenvalue weighted by molar-refractivity contribution is 0.199. The topological polar surface area (TPSA) is 0 Å². The van der Waals surface area contributed by atoms with Crippen LogP contribution in [0.1, 0.15) is 65.7 Å². The summed E-state index contributed by atoms with van der Waals surface area (Å²) in [6.45, 7) is 7.31. The van der Waals surface area contributed by atoms with Crippen molar-refractivity contribution in [2.75, 3.05) is 5.75 Å². The van der Waals surface area contributed by atoms with Crippen LogP contribution in [-0.4, -0.2) is 10.5 Å². The average molecular weight is 240 g/mol. The van der Waals surface area contributed by atoms with E-state index >= 15 is 0 Å². The third-order valence-electron chi connectivity index (χ3n) is 4.62. The minimum Gasteiger partial charge on any atom is -0.155 e. The van der Waals surface area contributed by atoms with Crippen LogP contribution in [0.15, 0.2) is 0 Å². The lowest BCUT2D eigenvalue weighted by Gasteiger charge is -2.33. The van der Waals surface area contributed by atoms with E-state index in [9.17, 15) is 0 Å². The number of rotatable bonds is 5. The first-order valence-corrected chi connectivity index (χ1v) is 8.20. The molecule has 94 valence electrons. The fraction of sp³-hybridized carbons (Fsp3) is 1.00. The molecule has 0 bridgehead atoms. The highest BCUT2D eigenvalue weighted by Crippen LogP contribution is 2.44. The number of thioether (sulfide) groups is 1. The fourth-order valence-electron chi connectivity index (χ4n) is 3.62. The average Bonchev–Trinajstić information content (AvgIpc) is 2.51. The van der Waals surface area contributed by atoms with Crippen LogP contribution in [0, 0.1) is 17.8 Å². The predicted molar refractivity (Wildman–Crippen MR) is 75.0 cm³/mol. The molecule has 1 heteroatoms. The van der Waals surface area contributed by atoms with Gasteiger partial charge in [0, 0.05) is 4.75 Å². The molecule has 0 amide bonds. The van der Waals surface area contributed by atoms with Crippen LogP contribution in [0.2, 0.25) is 0 Å². The Balaban J connectivity index is 1.54. The largest absolute Gasteiger partial charge is 0.155 e. The molecule has 0 N–H and O–H groups in total. The van der Waals surface area contributed by atoms with Crippen LogP contribution in [-0.2, 0) is 0 Å². The van der Waals surface area contributed by atoms with Gasteiger partial charge in [0.2, 0.25) is 0 Å². The van der Waals surface area contributed by atoms with Gasteiger partial charge in [-0.05, 0) is 68.5 Å². The summed E-state index contributed by atoms with van der Waals surface area (Å²) in [5, 5.41) is 0. The molecule has 0 spiro atoms. The molecular formula is C15H28S. The summed E-state index contributed by atoms with van der Waals surface area (Å²) >= 11 is 2.27. The standard InChI is InChI=1S/C15H28S/c1-12-6-7-15(3,11-12)16-8-4-5-14-9-13(2)10-14/h12-14H,4-11H2,1-3H3/t12-,13?,14?,15?/m1/s1. The molecule has 2 aliphatic rings. The van der Waals surface area contributed by atoms with Crippen LogP contribution in [0.25, 0.3) is 0 Å². The molecule has 0 nitrogen and oxygen atoms in total. The molecule has 16 heavy (non-hydrogen) atoms. The molecule has 0 aromatic rings. The van der Waals surface area contributed by atoms with Crippen molar-refractivity contribution in [3.05, 3.63) is 0 Å². The third kappa shape index (κ3) is 3.42. The van der Waals surface area contributed by atoms with Gasteiger partial charge >= 0.3 is 0 Å². The van der Waals surface area contributed by atoms with E-state index in [0.717, 1.165) is 17.8 Å². The molecule has 2 rings (SSSR count). The maximum absolute atomic E-state index is 2.49. The molecular weight excluding hydrogens is 212 g/mol. The summed E-state index contributed by atoms with van der Waals surface area (Å²) in [6, 6.07) is 0. The number of hydrogen-bond donors (Lipinski definition) is 0. The predicted octanol–water partition coefficient (Wildman–Crippen LogP) is 5.12. The van der Waals surface area contributed by atoms with Gasteiger partial charge in [0.1, 0.15) is 0 Å². The molecule has 2 saturated carbocycles. The fourth-order valence-corrected chi connectivity index (χ4v) is 5.09. The van der Waals surface area contributed by atoms with Gasteiger partial charge in [-0.2, -0.15) is 11.8 Å². The van der Waals surface area contributed by atoms with E-state index in [1.807, 2.05) is 0 Å². The Bertz CT molecular complexity index is 219. The van der Waals surface area contributed by atoms with Crippen molar-refractivity contribution in [1.29, 1.82) is 0 Å². The zero-order valence-electron chi connectivity index (χ0n) is 11.3. The van der Waals surface area contributed by atoms with Crippen molar-refractivity contribution >= 4 is 11.8 Å². The van der Waals surface area contributed by atoms with Crippen LogP contribution < -0.4 is 0 Å². The smallest absolute Gasteiger partial charge is 0.0134 e. The number of hydrogen-bond acceptors (Lipinski definition) is 1. The highest BCUT2D eigenvalue weighted by atomic mass is 32.2. The van der Waals surface area contributed by atoms with Crippen LogP contribution in [0.3, 0.4) is 0 Å². The first-order chi connectivity index (χ1) is 7.57. The lowest BCUT2D eigenvalue weighted by Crippen LogP contribution is -2.21. The van der Waals surface area contributed by atoms with Crippen LogP contribution >= 0.6 is 11.8 Å². The molecule has 2 fully saturated rings. The second-order valence-corrected chi connectivity index (χ2v) is 8.41. The summed E-state index contributed by atoms with van der Waals surface area (Å²) in [5.74, 6) is 4.51. The lowest BCUT2D eigenvalue weighted by atomic mass is 9.74.